The van der Waals surface area contributed by atoms with Gasteiger partial charge in [0.15, 0.2) is 0 Å². The Morgan fingerprint density at radius 3 is 1.79 bits per heavy atom. The van der Waals surface area contributed by atoms with Gasteiger partial charge in [0.2, 0.25) is 0 Å². The maximum absolute atomic E-state index is 3.90. The van der Waals surface area contributed by atoms with Gasteiger partial charge in [-0.3, -0.25) is 0 Å². The van der Waals surface area contributed by atoms with Crippen molar-refractivity contribution < 1.29 is 0 Å². The van der Waals surface area contributed by atoms with Gasteiger partial charge < -0.3 is 5.32 Å². The minimum absolute atomic E-state index is 0.0724. The first kappa shape index (κ1) is 18.7. The van der Waals surface area contributed by atoms with Crippen molar-refractivity contribution in [2.24, 2.45) is 5.92 Å². The van der Waals surface area contributed by atoms with Gasteiger partial charge in [-0.25, -0.2) is 0 Å². The van der Waals surface area contributed by atoms with Crippen LogP contribution in [0.25, 0.3) is 0 Å². The molecule has 2 aromatic carbocycles. The lowest BCUT2D eigenvalue weighted by molar-refractivity contribution is 0.297. The summed E-state index contributed by atoms with van der Waals surface area (Å²) in [5.74, 6) is 1.19. The molecule has 1 nitrogen and oxygen atoms in total. The summed E-state index contributed by atoms with van der Waals surface area (Å²) in [5, 5.41) is 3.90. The van der Waals surface area contributed by atoms with E-state index in [1.165, 1.54) is 24.0 Å². The van der Waals surface area contributed by atoms with Crippen molar-refractivity contribution in [1.29, 1.82) is 0 Å². The fourth-order valence-electron chi connectivity index (χ4n) is 3.31. The molecule has 0 saturated heterocycles. The lowest BCUT2D eigenvalue weighted by Gasteiger charge is -2.36. The van der Waals surface area contributed by atoms with E-state index in [0.717, 1.165) is 0 Å². The summed E-state index contributed by atoms with van der Waals surface area (Å²) >= 11 is 0. The molecule has 0 aliphatic carbocycles. The topological polar surface area (TPSA) is 12.0 Å². The Morgan fingerprint density at radius 1 is 0.833 bits per heavy atom. The van der Waals surface area contributed by atoms with Gasteiger partial charge in [0.1, 0.15) is 0 Å². The molecule has 3 unspecified atom stereocenters. The third-order valence-corrected chi connectivity index (χ3v) is 4.73. The van der Waals surface area contributed by atoms with Crippen molar-refractivity contribution >= 4 is 0 Å². The monoisotopic (exact) mass is 323 g/mol. The quantitative estimate of drug-likeness (QED) is 0.627. The van der Waals surface area contributed by atoms with Crippen LogP contribution < -0.4 is 5.32 Å². The Morgan fingerprint density at radius 2 is 1.33 bits per heavy atom. The standard InChI is InChI=1S/C23H33N/c1-6-18(2)17-21(19-13-9-7-10-14-19)22(24-23(3,4)5)20-15-11-8-12-16-20/h7-16,18,21-22,24H,6,17H2,1-5H3. The molecule has 3 atom stereocenters. The molecule has 1 heteroatoms. The summed E-state index contributed by atoms with van der Waals surface area (Å²) in [6.45, 7) is 11.4. The molecular weight excluding hydrogens is 290 g/mol. The summed E-state index contributed by atoms with van der Waals surface area (Å²) < 4.78 is 0. The number of rotatable bonds is 7. The molecule has 0 aliphatic heterocycles. The van der Waals surface area contributed by atoms with Crippen molar-refractivity contribution in [2.75, 3.05) is 0 Å². The van der Waals surface area contributed by atoms with E-state index in [2.05, 4.69) is 101 Å². The summed E-state index contributed by atoms with van der Waals surface area (Å²) in [6.07, 6.45) is 2.42. The van der Waals surface area contributed by atoms with E-state index >= 15 is 0 Å². The summed E-state index contributed by atoms with van der Waals surface area (Å²) in [6, 6.07) is 22.3. The van der Waals surface area contributed by atoms with E-state index < -0.39 is 0 Å². The van der Waals surface area contributed by atoms with Gasteiger partial charge in [-0.05, 0) is 44.2 Å². The zero-order valence-electron chi connectivity index (χ0n) is 15.9. The van der Waals surface area contributed by atoms with E-state index in [1.54, 1.807) is 0 Å². The minimum Gasteiger partial charge on any atom is -0.305 e. The van der Waals surface area contributed by atoms with Gasteiger partial charge in [-0.2, -0.15) is 0 Å². The molecular formula is C23H33N. The first-order valence-electron chi connectivity index (χ1n) is 9.28. The summed E-state index contributed by atoms with van der Waals surface area (Å²) in [4.78, 5) is 0. The highest BCUT2D eigenvalue weighted by Gasteiger charge is 2.29. The molecule has 0 radical (unpaired) electrons. The lowest BCUT2D eigenvalue weighted by atomic mass is 9.79. The van der Waals surface area contributed by atoms with Crippen molar-refractivity contribution in [3.8, 4) is 0 Å². The molecule has 0 spiro atoms. The zero-order chi connectivity index (χ0) is 17.6. The fraction of sp³-hybridized carbons (Fsp3) is 0.478. The summed E-state index contributed by atoms with van der Waals surface area (Å²) in [5.41, 5.74) is 2.89. The van der Waals surface area contributed by atoms with Crippen LogP contribution in [-0.2, 0) is 0 Å². The second-order valence-corrected chi connectivity index (χ2v) is 8.05. The molecule has 0 bridgehead atoms. The van der Waals surface area contributed by atoms with Crippen molar-refractivity contribution in [1.82, 2.24) is 5.32 Å². The van der Waals surface area contributed by atoms with E-state index in [4.69, 9.17) is 0 Å². The van der Waals surface area contributed by atoms with Crippen molar-refractivity contribution in [3.05, 3.63) is 71.8 Å². The van der Waals surface area contributed by atoms with Crippen LogP contribution in [0.4, 0.5) is 0 Å². The van der Waals surface area contributed by atoms with Crippen LogP contribution >= 0.6 is 0 Å². The average molecular weight is 324 g/mol. The zero-order valence-corrected chi connectivity index (χ0v) is 15.9. The van der Waals surface area contributed by atoms with Gasteiger partial charge >= 0.3 is 0 Å². The maximum Gasteiger partial charge on any atom is 0.0393 e. The number of hydrogen-bond donors (Lipinski definition) is 1. The highest BCUT2D eigenvalue weighted by atomic mass is 15.0. The first-order chi connectivity index (χ1) is 11.4. The molecule has 0 amide bonds. The Labute approximate surface area is 148 Å². The number of hydrogen-bond acceptors (Lipinski definition) is 1. The van der Waals surface area contributed by atoms with E-state index in [1.807, 2.05) is 0 Å². The van der Waals surface area contributed by atoms with Crippen LogP contribution in [0.1, 0.15) is 70.5 Å². The smallest absolute Gasteiger partial charge is 0.0393 e. The molecule has 0 aromatic heterocycles. The van der Waals surface area contributed by atoms with Crippen molar-refractivity contribution in [3.63, 3.8) is 0 Å². The van der Waals surface area contributed by atoms with Gasteiger partial charge in [-0.15, -0.1) is 0 Å². The molecule has 1 N–H and O–H groups in total. The van der Waals surface area contributed by atoms with Crippen LogP contribution in [0.5, 0.6) is 0 Å². The van der Waals surface area contributed by atoms with Crippen molar-refractivity contribution in [2.45, 2.75) is 65.0 Å². The lowest BCUT2D eigenvalue weighted by Crippen LogP contribution is -2.41. The van der Waals surface area contributed by atoms with Crippen LogP contribution in [0.2, 0.25) is 0 Å². The molecule has 0 heterocycles. The predicted molar refractivity (Wildman–Crippen MR) is 105 cm³/mol. The van der Waals surface area contributed by atoms with Crippen LogP contribution in [0, 0.1) is 5.92 Å². The van der Waals surface area contributed by atoms with Gasteiger partial charge in [-0.1, -0.05) is 80.9 Å². The minimum atomic E-state index is 0.0724. The van der Waals surface area contributed by atoms with Gasteiger partial charge in [0, 0.05) is 17.5 Å². The van der Waals surface area contributed by atoms with E-state index in [-0.39, 0.29) is 5.54 Å². The molecule has 24 heavy (non-hydrogen) atoms. The Kier molecular flexibility index (Phi) is 6.62. The third kappa shape index (κ3) is 5.49. The molecule has 2 aromatic rings. The molecule has 0 fully saturated rings. The highest BCUT2D eigenvalue weighted by Crippen LogP contribution is 2.37. The van der Waals surface area contributed by atoms with Gasteiger partial charge in [0.05, 0.1) is 0 Å². The van der Waals surface area contributed by atoms with E-state index in [0.29, 0.717) is 17.9 Å². The first-order valence-corrected chi connectivity index (χ1v) is 9.28. The van der Waals surface area contributed by atoms with Gasteiger partial charge in [0.25, 0.3) is 0 Å². The Balaban J connectivity index is 2.43. The number of nitrogens with one attached hydrogen (secondary N) is 1. The Hall–Kier alpha value is -1.60. The number of benzene rings is 2. The largest absolute Gasteiger partial charge is 0.305 e. The maximum atomic E-state index is 3.90. The predicted octanol–water partition coefficient (Wildman–Crippen LogP) is 6.34. The second-order valence-electron chi connectivity index (χ2n) is 8.05. The summed E-state index contributed by atoms with van der Waals surface area (Å²) in [7, 11) is 0. The van der Waals surface area contributed by atoms with E-state index in [9.17, 15) is 0 Å². The van der Waals surface area contributed by atoms with Crippen LogP contribution in [-0.4, -0.2) is 5.54 Å². The highest BCUT2D eigenvalue weighted by molar-refractivity contribution is 5.28. The third-order valence-electron chi connectivity index (χ3n) is 4.73. The Bertz CT molecular complexity index is 582. The molecule has 130 valence electrons. The second kappa shape index (κ2) is 8.48. The van der Waals surface area contributed by atoms with Crippen LogP contribution in [0.3, 0.4) is 0 Å². The molecule has 0 aliphatic rings. The molecule has 0 saturated carbocycles. The van der Waals surface area contributed by atoms with Crippen LogP contribution in [0.15, 0.2) is 60.7 Å². The normalized spacial score (nSPS) is 15.7. The fourth-order valence-corrected chi connectivity index (χ4v) is 3.31. The SMILES string of the molecule is CCC(C)CC(c1ccccc1)C(NC(C)(C)C)c1ccccc1. The molecule has 2 rings (SSSR count). The average Bonchev–Trinajstić information content (AvgIpc) is 2.58.